The molecular formula is C14H15N5O2S. The molecule has 7 nitrogen and oxygen atoms in total. The third-order valence-corrected chi connectivity index (χ3v) is 3.72. The Hall–Kier alpha value is -2.48. The summed E-state index contributed by atoms with van der Waals surface area (Å²) in [4.78, 5) is 11.9. The highest BCUT2D eigenvalue weighted by atomic mass is 32.1. The Morgan fingerprint density at radius 2 is 2.27 bits per heavy atom. The fraction of sp³-hybridized carbons (Fsp3) is 0.286. The maximum Gasteiger partial charge on any atom is 0.231 e. The lowest BCUT2D eigenvalue weighted by molar-refractivity contribution is -0.120. The highest BCUT2D eigenvalue weighted by Gasteiger charge is 2.10. The number of carbonyl (C=O) groups excluding carboxylic acids is 1. The van der Waals surface area contributed by atoms with Gasteiger partial charge in [-0.1, -0.05) is 0 Å². The number of amides is 1. The van der Waals surface area contributed by atoms with Gasteiger partial charge in [-0.25, -0.2) is 0 Å². The first kappa shape index (κ1) is 14.5. The van der Waals surface area contributed by atoms with Gasteiger partial charge in [-0.3, -0.25) is 4.79 Å². The molecule has 0 aliphatic heterocycles. The Bertz CT molecular complexity index is 769. The zero-order valence-corrected chi connectivity index (χ0v) is 12.8. The smallest absolute Gasteiger partial charge is 0.231 e. The van der Waals surface area contributed by atoms with Crippen molar-refractivity contribution in [3.8, 4) is 5.88 Å². The van der Waals surface area contributed by atoms with Crippen molar-refractivity contribution in [2.45, 2.75) is 19.9 Å². The Kier molecular flexibility index (Phi) is 4.29. The summed E-state index contributed by atoms with van der Waals surface area (Å²) >= 11 is 1.58. The van der Waals surface area contributed by atoms with Gasteiger partial charge in [0.25, 0.3) is 0 Å². The first-order valence-corrected chi connectivity index (χ1v) is 7.82. The summed E-state index contributed by atoms with van der Waals surface area (Å²) in [5, 5.41) is 19.1. The molecule has 0 unspecified atom stereocenters. The van der Waals surface area contributed by atoms with Crippen LogP contribution >= 0.6 is 11.3 Å². The van der Waals surface area contributed by atoms with E-state index in [4.69, 9.17) is 4.74 Å². The molecule has 0 saturated carbocycles. The molecule has 0 fully saturated rings. The van der Waals surface area contributed by atoms with Crippen LogP contribution in [-0.4, -0.2) is 32.3 Å². The summed E-state index contributed by atoms with van der Waals surface area (Å²) in [7, 11) is 0. The monoisotopic (exact) mass is 317 g/mol. The van der Waals surface area contributed by atoms with Crippen molar-refractivity contribution in [2.75, 3.05) is 6.61 Å². The van der Waals surface area contributed by atoms with Crippen molar-refractivity contribution in [2.24, 2.45) is 0 Å². The number of rotatable bonds is 6. The number of fused-ring (bicyclic) bond motifs is 1. The summed E-state index contributed by atoms with van der Waals surface area (Å²) in [6.45, 7) is 2.70. The zero-order valence-electron chi connectivity index (χ0n) is 12.0. The first-order valence-electron chi connectivity index (χ1n) is 6.88. The van der Waals surface area contributed by atoms with Gasteiger partial charge in [0, 0.05) is 6.07 Å². The second-order valence-corrected chi connectivity index (χ2v) is 5.36. The minimum atomic E-state index is -0.0592. The average molecular weight is 317 g/mol. The molecule has 0 radical (unpaired) electrons. The van der Waals surface area contributed by atoms with E-state index in [-0.39, 0.29) is 12.5 Å². The van der Waals surface area contributed by atoms with Crippen LogP contribution in [0.25, 0.3) is 5.65 Å². The maximum atomic E-state index is 11.9. The van der Waals surface area contributed by atoms with Crippen LogP contribution in [0, 0.1) is 0 Å². The topological polar surface area (TPSA) is 81.4 Å². The number of aromatic nitrogens is 4. The number of ether oxygens (including phenoxy) is 1. The number of thiophene rings is 1. The van der Waals surface area contributed by atoms with E-state index < -0.39 is 0 Å². The maximum absolute atomic E-state index is 11.9. The van der Waals surface area contributed by atoms with Gasteiger partial charge in [0.1, 0.15) is 0 Å². The quantitative estimate of drug-likeness (QED) is 0.744. The minimum absolute atomic E-state index is 0.0592. The summed E-state index contributed by atoms with van der Waals surface area (Å²) in [5.74, 6) is 1.01. The minimum Gasteiger partial charge on any atom is -0.477 e. The van der Waals surface area contributed by atoms with Gasteiger partial charge in [0.05, 0.1) is 19.6 Å². The lowest BCUT2D eigenvalue weighted by Gasteiger charge is -2.04. The van der Waals surface area contributed by atoms with E-state index in [0.717, 1.165) is 5.56 Å². The molecule has 3 rings (SSSR count). The molecule has 0 bridgehead atoms. The van der Waals surface area contributed by atoms with Gasteiger partial charge in [-0.05, 0) is 35.4 Å². The van der Waals surface area contributed by atoms with Gasteiger partial charge in [-0.15, -0.1) is 15.3 Å². The highest BCUT2D eigenvalue weighted by Crippen LogP contribution is 2.09. The zero-order chi connectivity index (χ0) is 15.4. The molecule has 22 heavy (non-hydrogen) atoms. The lowest BCUT2D eigenvalue weighted by Crippen LogP contribution is -2.25. The third kappa shape index (κ3) is 3.22. The molecule has 0 aliphatic carbocycles. The lowest BCUT2D eigenvalue weighted by atomic mass is 10.2. The average Bonchev–Trinajstić information content (AvgIpc) is 3.15. The molecule has 0 spiro atoms. The van der Waals surface area contributed by atoms with Crippen LogP contribution in [0.15, 0.2) is 29.0 Å². The number of nitrogens with one attached hydrogen (secondary N) is 1. The predicted molar refractivity (Wildman–Crippen MR) is 81.8 cm³/mol. The SMILES string of the molecule is CCOc1ccc2nnc(CNC(=O)Cc3ccsc3)n2n1. The van der Waals surface area contributed by atoms with Crippen LogP contribution in [0.4, 0.5) is 0 Å². The van der Waals surface area contributed by atoms with Gasteiger partial charge < -0.3 is 10.1 Å². The van der Waals surface area contributed by atoms with Gasteiger partial charge in [-0.2, -0.15) is 15.9 Å². The van der Waals surface area contributed by atoms with Gasteiger partial charge in [0.15, 0.2) is 11.5 Å². The Balaban J connectivity index is 1.68. The molecule has 8 heteroatoms. The molecule has 3 aromatic heterocycles. The van der Waals surface area contributed by atoms with Crippen molar-refractivity contribution in [1.29, 1.82) is 0 Å². The molecular weight excluding hydrogens is 302 g/mol. The second kappa shape index (κ2) is 6.52. The summed E-state index contributed by atoms with van der Waals surface area (Å²) in [6.07, 6.45) is 0.359. The van der Waals surface area contributed by atoms with Crippen LogP contribution < -0.4 is 10.1 Å². The Labute approximate surface area is 130 Å². The molecule has 1 amide bonds. The van der Waals surface area contributed by atoms with Crippen molar-refractivity contribution < 1.29 is 9.53 Å². The molecule has 0 atom stereocenters. The number of carbonyl (C=O) groups is 1. The van der Waals surface area contributed by atoms with Crippen molar-refractivity contribution in [3.63, 3.8) is 0 Å². The molecule has 0 saturated heterocycles. The first-order chi connectivity index (χ1) is 10.8. The van der Waals surface area contributed by atoms with E-state index in [2.05, 4.69) is 20.6 Å². The normalized spacial score (nSPS) is 10.8. The Morgan fingerprint density at radius 3 is 3.05 bits per heavy atom. The fourth-order valence-corrected chi connectivity index (χ4v) is 2.64. The van der Waals surface area contributed by atoms with E-state index in [1.807, 2.05) is 23.8 Å². The standard InChI is InChI=1S/C14H15N5O2S/c1-2-21-14-4-3-11-16-17-12(19(11)18-14)8-15-13(20)7-10-5-6-22-9-10/h3-6,9H,2,7-8H2,1H3,(H,15,20). The van der Waals surface area contributed by atoms with Crippen LogP contribution in [0.3, 0.4) is 0 Å². The Morgan fingerprint density at radius 1 is 1.36 bits per heavy atom. The molecule has 0 aromatic carbocycles. The molecule has 3 heterocycles. The summed E-state index contributed by atoms with van der Waals surface area (Å²) in [5.41, 5.74) is 1.62. The van der Waals surface area contributed by atoms with Crippen molar-refractivity contribution in [1.82, 2.24) is 25.1 Å². The summed E-state index contributed by atoms with van der Waals surface area (Å²) in [6, 6.07) is 5.46. The number of hydrogen-bond donors (Lipinski definition) is 1. The molecule has 1 N–H and O–H groups in total. The van der Waals surface area contributed by atoms with Crippen molar-refractivity contribution in [3.05, 3.63) is 40.3 Å². The van der Waals surface area contributed by atoms with Crippen LogP contribution in [0.1, 0.15) is 18.3 Å². The van der Waals surface area contributed by atoms with Crippen LogP contribution in [-0.2, 0) is 17.8 Å². The van der Waals surface area contributed by atoms with E-state index in [1.54, 1.807) is 28.0 Å². The van der Waals surface area contributed by atoms with Gasteiger partial charge >= 0.3 is 0 Å². The van der Waals surface area contributed by atoms with E-state index in [1.165, 1.54) is 0 Å². The molecule has 0 aliphatic rings. The van der Waals surface area contributed by atoms with E-state index in [0.29, 0.717) is 30.4 Å². The molecule has 114 valence electrons. The van der Waals surface area contributed by atoms with E-state index >= 15 is 0 Å². The van der Waals surface area contributed by atoms with Crippen LogP contribution in [0.5, 0.6) is 5.88 Å². The summed E-state index contributed by atoms with van der Waals surface area (Å²) < 4.78 is 6.94. The largest absolute Gasteiger partial charge is 0.477 e. The predicted octanol–water partition coefficient (Wildman–Crippen LogP) is 1.44. The van der Waals surface area contributed by atoms with E-state index in [9.17, 15) is 4.79 Å². The third-order valence-electron chi connectivity index (χ3n) is 2.98. The fourth-order valence-electron chi connectivity index (χ4n) is 1.97. The number of nitrogens with zero attached hydrogens (tertiary/aromatic N) is 4. The van der Waals surface area contributed by atoms with Gasteiger partial charge in [0.2, 0.25) is 11.8 Å². The highest BCUT2D eigenvalue weighted by molar-refractivity contribution is 7.07. The second-order valence-electron chi connectivity index (χ2n) is 4.58. The number of hydrogen-bond acceptors (Lipinski definition) is 6. The molecule has 3 aromatic rings. The van der Waals surface area contributed by atoms with Crippen LogP contribution in [0.2, 0.25) is 0 Å². The van der Waals surface area contributed by atoms with Crippen molar-refractivity contribution >= 4 is 22.9 Å².